The van der Waals surface area contributed by atoms with Gasteiger partial charge < -0.3 is 9.30 Å². The molecule has 0 spiro atoms. The molecule has 1 heterocycles. The Morgan fingerprint density at radius 2 is 1.71 bits per heavy atom. The molecule has 2 aromatic carbocycles. The van der Waals surface area contributed by atoms with Crippen molar-refractivity contribution >= 4 is 5.97 Å². The summed E-state index contributed by atoms with van der Waals surface area (Å²) in [6.07, 6.45) is 0. The monoisotopic (exact) mass is 373 g/mol. The van der Waals surface area contributed by atoms with Crippen LogP contribution in [0.15, 0.2) is 48.5 Å². The summed E-state index contributed by atoms with van der Waals surface area (Å²) >= 11 is 0. The minimum Gasteiger partial charge on any atom is -0.461 e. The number of benzene rings is 2. The number of hydrogen-bond donors (Lipinski definition) is 0. The number of nitriles is 2. The van der Waals surface area contributed by atoms with Crippen molar-refractivity contribution in [2.45, 2.75) is 6.92 Å². The Balaban J connectivity index is 2.15. The fourth-order valence-corrected chi connectivity index (χ4v) is 3.13. The van der Waals surface area contributed by atoms with E-state index < -0.39 is 11.9 Å². The summed E-state index contributed by atoms with van der Waals surface area (Å²) in [5, 5.41) is 18.7. The number of nitrogens with zero attached hydrogens (tertiary/aromatic N) is 3. The van der Waals surface area contributed by atoms with Crippen LogP contribution in [0.2, 0.25) is 0 Å². The zero-order valence-corrected chi connectivity index (χ0v) is 15.4. The van der Waals surface area contributed by atoms with Crippen molar-refractivity contribution in [1.82, 2.24) is 4.57 Å². The summed E-state index contributed by atoms with van der Waals surface area (Å²) in [5.41, 5.74) is 2.58. The number of ether oxygens (including phenoxy) is 1. The Kier molecular flexibility index (Phi) is 5.24. The summed E-state index contributed by atoms with van der Waals surface area (Å²) in [7, 11) is 1.38. The summed E-state index contributed by atoms with van der Waals surface area (Å²) in [4.78, 5) is 12.4. The molecule has 0 N–H and O–H groups in total. The van der Waals surface area contributed by atoms with Crippen molar-refractivity contribution in [1.29, 1.82) is 10.5 Å². The van der Waals surface area contributed by atoms with Crippen molar-refractivity contribution in [3.63, 3.8) is 0 Å². The van der Waals surface area contributed by atoms with Gasteiger partial charge in [0.15, 0.2) is 0 Å². The average Bonchev–Trinajstić information content (AvgIpc) is 2.98. The highest BCUT2D eigenvalue weighted by Gasteiger charge is 2.27. The van der Waals surface area contributed by atoms with E-state index in [9.17, 15) is 19.7 Å². The van der Waals surface area contributed by atoms with Crippen LogP contribution < -0.4 is 0 Å². The van der Waals surface area contributed by atoms with Gasteiger partial charge in [-0.15, -0.1) is 0 Å². The second-order valence-corrected chi connectivity index (χ2v) is 6.02. The van der Waals surface area contributed by atoms with Crippen LogP contribution >= 0.6 is 0 Å². The molecule has 0 saturated heterocycles. The minimum atomic E-state index is -0.792. The highest BCUT2D eigenvalue weighted by Crippen LogP contribution is 2.33. The Bertz CT molecular complexity index is 1130. The Hall–Kier alpha value is -3.90. The zero-order valence-electron chi connectivity index (χ0n) is 15.4. The van der Waals surface area contributed by atoms with Crippen molar-refractivity contribution in [2.24, 2.45) is 7.05 Å². The molecule has 0 aliphatic heterocycles. The molecule has 0 atom stereocenters. The second-order valence-electron chi connectivity index (χ2n) is 6.02. The third-order valence-electron chi connectivity index (χ3n) is 4.44. The molecule has 0 fully saturated rings. The van der Waals surface area contributed by atoms with Crippen LogP contribution in [-0.4, -0.2) is 17.1 Å². The Morgan fingerprint density at radius 1 is 1.07 bits per heavy atom. The molecule has 28 heavy (non-hydrogen) atoms. The summed E-state index contributed by atoms with van der Waals surface area (Å²) in [5.74, 6) is -1.49. The number of halogens is 1. The van der Waals surface area contributed by atoms with Gasteiger partial charge in [-0.05, 0) is 29.7 Å². The van der Waals surface area contributed by atoms with E-state index in [0.717, 1.165) is 15.7 Å². The lowest BCUT2D eigenvalue weighted by molar-refractivity contribution is 0.0514. The highest BCUT2D eigenvalue weighted by molar-refractivity contribution is 5.98. The molecule has 6 heteroatoms. The SMILES string of the molecule is CCOC(=O)c1c(-c2ccc(-c3ccccc3C#N)cc2)c(C#N)c(F)n1C. The number of carbonyl (C=O) groups excluding carboxylic acids is 1. The van der Waals surface area contributed by atoms with E-state index >= 15 is 0 Å². The lowest BCUT2D eigenvalue weighted by atomic mass is 9.96. The summed E-state index contributed by atoms with van der Waals surface area (Å²) in [6, 6.07) is 18.1. The average molecular weight is 373 g/mol. The molecule has 0 aliphatic carbocycles. The predicted octanol–water partition coefficient (Wildman–Crippen LogP) is 4.42. The van der Waals surface area contributed by atoms with E-state index in [1.807, 2.05) is 18.2 Å². The van der Waals surface area contributed by atoms with Gasteiger partial charge in [0.2, 0.25) is 5.95 Å². The Labute approximate surface area is 161 Å². The van der Waals surface area contributed by atoms with E-state index in [2.05, 4.69) is 6.07 Å². The van der Waals surface area contributed by atoms with Crippen molar-refractivity contribution in [3.05, 3.63) is 71.3 Å². The normalized spacial score (nSPS) is 10.2. The maximum Gasteiger partial charge on any atom is 0.355 e. The van der Waals surface area contributed by atoms with Crippen LogP contribution in [0.5, 0.6) is 0 Å². The molecule has 0 unspecified atom stereocenters. The van der Waals surface area contributed by atoms with Gasteiger partial charge in [0.1, 0.15) is 17.3 Å². The molecule has 0 bridgehead atoms. The molecule has 5 nitrogen and oxygen atoms in total. The molecule has 3 rings (SSSR count). The van der Waals surface area contributed by atoms with Crippen LogP contribution in [0, 0.1) is 28.6 Å². The van der Waals surface area contributed by atoms with Gasteiger partial charge in [0.25, 0.3) is 0 Å². The van der Waals surface area contributed by atoms with Gasteiger partial charge >= 0.3 is 5.97 Å². The molecule has 0 saturated carbocycles. The van der Waals surface area contributed by atoms with E-state index in [1.165, 1.54) is 7.05 Å². The number of aromatic nitrogens is 1. The predicted molar refractivity (Wildman–Crippen MR) is 102 cm³/mol. The Morgan fingerprint density at radius 3 is 2.32 bits per heavy atom. The number of carbonyl (C=O) groups is 1. The van der Waals surface area contributed by atoms with E-state index in [-0.39, 0.29) is 23.4 Å². The molecule has 0 radical (unpaired) electrons. The van der Waals surface area contributed by atoms with Gasteiger partial charge in [0, 0.05) is 12.6 Å². The first kappa shape index (κ1) is 18.9. The topological polar surface area (TPSA) is 78.8 Å². The fourth-order valence-electron chi connectivity index (χ4n) is 3.13. The van der Waals surface area contributed by atoms with E-state index in [1.54, 1.807) is 43.3 Å². The maximum atomic E-state index is 14.5. The van der Waals surface area contributed by atoms with E-state index in [0.29, 0.717) is 11.1 Å². The molecule has 0 amide bonds. The van der Waals surface area contributed by atoms with Gasteiger partial charge in [0.05, 0.1) is 18.2 Å². The van der Waals surface area contributed by atoms with Gasteiger partial charge in [-0.1, -0.05) is 42.5 Å². The van der Waals surface area contributed by atoms with Crippen LogP contribution in [0.25, 0.3) is 22.3 Å². The smallest absolute Gasteiger partial charge is 0.355 e. The van der Waals surface area contributed by atoms with Crippen LogP contribution in [0.1, 0.15) is 28.5 Å². The molecule has 3 aromatic rings. The van der Waals surface area contributed by atoms with Gasteiger partial charge in [-0.3, -0.25) is 0 Å². The van der Waals surface area contributed by atoms with Crippen LogP contribution in [-0.2, 0) is 11.8 Å². The van der Waals surface area contributed by atoms with Crippen LogP contribution in [0.4, 0.5) is 4.39 Å². The third kappa shape index (κ3) is 3.13. The fraction of sp³-hybridized carbons (Fsp3) is 0.136. The summed E-state index contributed by atoms with van der Waals surface area (Å²) < 4.78 is 20.6. The number of rotatable bonds is 4. The lowest BCUT2D eigenvalue weighted by Crippen LogP contribution is -2.11. The number of hydrogen-bond acceptors (Lipinski definition) is 4. The van der Waals surface area contributed by atoms with Crippen molar-refractivity contribution in [2.75, 3.05) is 6.61 Å². The number of esters is 1. The quantitative estimate of drug-likeness (QED) is 0.634. The lowest BCUT2D eigenvalue weighted by Gasteiger charge is -2.09. The highest BCUT2D eigenvalue weighted by atomic mass is 19.1. The molecular formula is C22H16FN3O2. The van der Waals surface area contributed by atoms with Crippen molar-refractivity contribution in [3.8, 4) is 34.4 Å². The molecule has 0 aliphatic rings. The van der Waals surface area contributed by atoms with Crippen molar-refractivity contribution < 1.29 is 13.9 Å². The van der Waals surface area contributed by atoms with Gasteiger partial charge in [-0.2, -0.15) is 14.9 Å². The molecule has 1 aromatic heterocycles. The first-order valence-corrected chi connectivity index (χ1v) is 8.58. The zero-order chi connectivity index (χ0) is 20.3. The second kappa shape index (κ2) is 7.77. The van der Waals surface area contributed by atoms with E-state index in [4.69, 9.17) is 4.74 Å². The first-order valence-electron chi connectivity index (χ1n) is 8.58. The first-order chi connectivity index (χ1) is 13.5. The molecule has 138 valence electrons. The van der Waals surface area contributed by atoms with Gasteiger partial charge in [-0.25, -0.2) is 4.79 Å². The summed E-state index contributed by atoms with van der Waals surface area (Å²) in [6.45, 7) is 1.79. The standard InChI is InChI=1S/C22H16FN3O2/c1-3-28-22(27)20-19(18(13-25)21(23)26(20)2)15-10-8-14(9-11-15)17-7-5-4-6-16(17)12-24/h4-11H,3H2,1-2H3. The van der Waals surface area contributed by atoms with Crippen LogP contribution in [0.3, 0.4) is 0 Å². The minimum absolute atomic E-state index is 0.0129. The third-order valence-corrected chi connectivity index (χ3v) is 4.44. The maximum absolute atomic E-state index is 14.5. The molecular weight excluding hydrogens is 357 g/mol. The largest absolute Gasteiger partial charge is 0.461 e.